The van der Waals surface area contributed by atoms with Crippen molar-refractivity contribution in [2.75, 3.05) is 5.32 Å². The summed E-state index contributed by atoms with van der Waals surface area (Å²) < 4.78 is 38.2. The summed E-state index contributed by atoms with van der Waals surface area (Å²) in [6.45, 7) is 0. The van der Waals surface area contributed by atoms with Crippen molar-refractivity contribution in [3.05, 3.63) is 66.1 Å². The number of nitrogens with two attached hydrogens (primary N) is 1. The Kier molecular flexibility index (Phi) is 4.53. The molecule has 132 valence electrons. The SMILES string of the molecule is NC(=O)c1ccnc(-c2cccc(Nc3nccc(C(F)(F)F)n3)c2)c1. The van der Waals surface area contributed by atoms with Gasteiger partial charge in [-0.05, 0) is 30.3 Å². The number of carbonyl (C=O) groups is 1. The number of carbonyl (C=O) groups excluding carboxylic acids is 1. The van der Waals surface area contributed by atoms with Crippen LogP contribution in [0.3, 0.4) is 0 Å². The smallest absolute Gasteiger partial charge is 0.366 e. The first-order chi connectivity index (χ1) is 12.3. The van der Waals surface area contributed by atoms with Gasteiger partial charge in [0, 0.05) is 29.2 Å². The van der Waals surface area contributed by atoms with Crippen LogP contribution in [0.1, 0.15) is 16.1 Å². The lowest BCUT2D eigenvalue weighted by Crippen LogP contribution is -2.11. The van der Waals surface area contributed by atoms with E-state index < -0.39 is 17.8 Å². The van der Waals surface area contributed by atoms with Gasteiger partial charge in [-0.3, -0.25) is 9.78 Å². The Balaban J connectivity index is 1.89. The van der Waals surface area contributed by atoms with Crippen LogP contribution in [0.25, 0.3) is 11.3 Å². The Labute approximate surface area is 145 Å². The third-order valence-corrected chi connectivity index (χ3v) is 3.40. The highest BCUT2D eigenvalue weighted by molar-refractivity contribution is 5.93. The zero-order valence-electron chi connectivity index (χ0n) is 13.2. The average Bonchev–Trinajstić information content (AvgIpc) is 2.61. The molecule has 3 aromatic rings. The van der Waals surface area contributed by atoms with E-state index >= 15 is 0 Å². The fourth-order valence-corrected chi connectivity index (χ4v) is 2.20. The van der Waals surface area contributed by atoms with Crippen molar-refractivity contribution in [2.24, 2.45) is 5.73 Å². The quantitative estimate of drug-likeness (QED) is 0.745. The van der Waals surface area contributed by atoms with Crippen LogP contribution in [0, 0.1) is 0 Å². The van der Waals surface area contributed by atoms with E-state index in [0.29, 0.717) is 22.5 Å². The Morgan fingerprint density at radius 3 is 2.54 bits per heavy atom. The summed E-state index contributed by atoms with van der Waals surface area (Å²) in [5.74, 6) is -0.767. The van der Waals surface area contributed by atoms with Gasteiger partial charge in [-0.2, -0.15) is 13.2 Å². The summed E-state index contributed by atoms with van der Waals surface area (Å²) in [6, 6.07) is 10.5. The molecule has 0 atom stereocenters. The summed E-state index contributed by atoms with van der Waals surface area (Å²) in [7, 11) is 0. The highest BCUT2D eigenvalue weighted by atomic mass is 19.4. The third-order valence-electron chi connectivity index (χ3n) is 3.40. The Morgan fingerprint density at radius 2 is 1.81 bits per heavy atom. The van der Waals surface area contributed by atoms with E-state index in [9.17, 15) is 18.0 Å². The molecule has 0 unspecified atom stereocenters. The standard InChI is InChI=1S/C17H12F3N5O/c18-17(19,20)14-5-7-23-16(25-14)24-12-3-1-2-10(8-12)13-9-11(15(21)26)4-6-22-13/h1-9H,(H2,21,26)(H,23,24,25). The summed E-state index contributed by atoms with van der Waals surface area (Å²) in [5.41, 5.74) is 6.12. The van der Waals surface area contributed by atoms with Crippen LogP contribution in [0.4, 0.5) is 24.8 Å². The number of hydrogen-bond acceptors (Lipinski definition) is 5. The fraction of sp³-hybridized carbons (Fsp3) is 0.0588. The molecule has 2 heterocycles. The molecular weight excluding hydrogens is 347 g/mol. The molecule has 0 aliphatic heterocycles. The second-order valence-corrected chi connectivity index (χ2v) is 5.26. The molecule has 0 saturated heterocycles. The van der Waals surface area contributed by atoms with E-state index in [2.05, 4.69) is 20.3 Å². The van der Waals surface area contributed by atoms with Crippen LogP contribution in [0.2, 0.25) is 0 Å². The normalized spacial score (nSPS) is 11.2. The monoisotopic (exact) mass is 359 g/mol. The van der Waals surface area contributed by atoms with Crippen LogP contribution in [0.15, 0.2) is 54.9 Å². The summed E-state index contributed by atoms with van der Waals surface area (Å²) in [4.78, 5) is 22.7. The van der Waals surface area contributed by atoms with Crippen molar-refractivity contribution in [3.63, 3.8) is 0 Å². The molecule has 0 aliphatic carbocycles. The molecule has 0 spiro atoms. The van der Waals surface area contributed by atoms with Gasteiger partial charge in [0.05, 0.1) is 5.69 Å². The van der Waals surface area contributed by atoms with E-state index in [1.807, 2.05) is 0 Å². The van der Waals surface area contributed by atoms with Gasteiger partial charge in [0.2, 0.25) is 11.9 Å². The van der Waals surface area contributed by atoms with Gasteiger partial charge in [-0.1, -0.05) is 12.1 Å². The van der Waals surface area contributed by atoms with Crippen molar-refractivity contribution in [3.8, 4) is 11.3 Å². The van der Waals surface area contributed by atoms with Crippen molar-refractivity contribution in [1.82, 2.24) is 15.0 Å². The minimum atomic E-state index is -4.56. The molecule has 3 N–H and O–H groups in total. The maximum Gasteiger partial charge on any atom is 0.433 e. The van der Waals surface area contributed by atoms with Crippen molar-refractivity contribution in [2.45, 2.75) is 6.18 Å². The van der Waals surface area contributed by atoms with Crippen molar-refractivity contribution >= 4 is 17.5 Å². The minimum absolute atomic E-state index is 0.184. The number of alkyl halides is 3. The van der Waals surface area contributed by atoms with Crippen LogP contribution < -0.4 is 11.1 Å². The number of halogens is 3. The van der Waals surface area contributed by atoms with Gasteiger partial charge in [0.1, 0.15) is 5.69 Å². The van der Waals surface area contributed by atoms with Gasteiger partial charge in [-0.25, -0.2) is 9.97 Å². The Bertz CT molecular complexity index is 959. The minimum Gasteiger partial charge on any atom is -0.366 e. The van der Waals surface area contributed by atoms with Crippen LogP contribution in [-0.4, -0.2) is 20.9 Å². The number of nitrogens with one attached hydrogen (secondary N) is 1. The predicted octanol–water partition coefficient (Wildman–Crippen LogP) is 3.40. The van der Waals surface area contributed by atoms with Crippen LogP contribution in [-0.2, 0) is 6.18 Å². The third kappa shape index (κ3) is 3.94. The van der Waals surface area contributed by atoms with Gasteiger partial charge in [0.15, 0.2) is 0 Å². The maximum absolute atomic E-state index is 12.7. The molecule has 26 heavy (non-hydrogen) atoms. The largest absolute Gasteiger partial charge is 0.433 e. The molecule has 1 aromatic carbocycles. The second-order valence-electron chi connectivity index (χ2n) is 5.26. The first-order valence-corrected chi connectivity index (χ1v) is 7.36. The van der Waals surface area contributed by atoms with Gasteiger partial charge in [-0.15, -0.1) is 0 Å². The highest BCUT2D eigenvalue weighted by Gasteiger charge is 2.32. The lowest BCUT2D eigenvalue weighted by molar-refractivity contribution is -0.141. The number of aromatic nitrogens is 3. The zero-order chi connectivity index (χ0) is 18.7. The molecule has 3 rings (SSSR count). The van der Waals surface area contributed by atoms with Gasteiger partial charge >= 0.3 is 6.18 Å². The molecule has 0 saturated carbocycles. The number of primary amides is 1. The lowest BCUT2D eigenvalue weighted by Gasteiger charge is -2.10. The molecule has 1 amide bonds. The first-order valence-electron chi connectivity index (χ1n) is 7.36. The number of anilines is 2. The van der Waals surface area contributed by atoms with Gasteiger partial charge in [0.25, 0.3) is 0 Å². The Morgan fingerprint density at radius 1 is 1.04 bits per heavy atom. The number of nitrogens with zero attached hydrogens (tertiary/aromatic N) is 3. The van der Waals surface area contributed by atoms with E-state index in [1.165, 1.54) is 18.3 Å². The maximum atomic E-state index is 12.7. The molecule has 0 radical (unpaired) electrons. The van der Waals surface area contributed by atoms with E-state index in [1.54, 1.807) is 24.3 Å². The molecular formula is C17H12F3N5O. The molecule has 0 fully saturated rings. The van der Waals surface area contributed by atoms with Crippen LogP contribution in [0.5, 0.6) is 0 Å². The zero-order valence-corrected chi connectivity index (χ0v) is 13.2. The molecule has 0 bridgehead atoms. The number of benzene rings is 1. The first kappa shape index (κ1) is 17.3. The number of hydrogen-bond donors (Lipinski definition) is 2. The number of pyridine rings is 1. The average molecular weight is 359 g/mol. The molecule has 6 nitrogen and oxygen atoms in total. The molecule has 2 aromatic heterocycles. The molecule has 9 heteroatoms. The molecule has 0 aliphatic rings. The van der Waals surface area contributed by atoms with E-state index in [4.69, 9.17) is 5.73 Å². The number of rotatable bonds is 4. The topological polar surface area (TPSA) is 93.8 Å². The highest BCUT2D eigenvalue weighted by Crippen LogP contribution is 2.28. The Hall–Kier alpha value is -3.49. The lowest BCUT2D eigenvalue weighted by atomic mass is 10.1. The van der Waals surface area contributed by atoms with Crippen molar-refractivity contribution < 1.29 is 18.0 Å². The number of amides is 1. The predicted molar refractivity (Wildman–Crippen MR) is 88.5 cm³/mol. The van der Waals surface area contributed by atoms with Crippen LogP contribution >= 0.6 is 0 Å². The van der Waals surface area contributed by atoms with E-state index in [0.717, 1.165) is 12.3 Å². The van der Waals surface area contributed by atoms with E-state index in [-0.39, 0.29) is 5.95 Å². The summed E-state index contributed by atoms with van der Waals surface area (Å²) in [6.07, 6.45) is -2.08. The fourth-order valence-electron chi connectivity index (χ4n) is 2.20. The summed E-state index contributed by atoms with van der Waals surface area (Å²) in [5, 5.41) is 2.72. The summed E-state index contributed by atoms with van der Waals surface area (Å²) >= 11 is 0. The van der Waals surface area contributed by atoms with Crippen molar-refractivity contribution in [1.29, 1.82) is 0 Å². The second kappa shape index (κ2) is 6.79. The van der Waals surface area contributed by atoms with Gasteiger partial charge < -0.3 is 11.1 Å².